The van der Waals surface area contributed by atoms with E-state index in [1.54, 1.807) is 11.3 Å². The lowest BCUT2D eigenvalue weighted by molar-refractivity contribution is 0.565. The molecule has 3 nitrogen and oxygen atoms in total. The first-order valence-corrected chi connectivity index (χ1v) is 7.38. The molecule has 0 saturated carbocycles. The molecule has 0 aliphatic rings. The van der Waals surface area contributed by atoms with Gasteiger partial charge in [0.25, 0.3) is 0 Å². The van der Waals surface area contributed by atoms with Gasteiger partial charge in [0.2, 0.25) is 0 Å². The average Bonchev–Trinajstić information content (AvgIpc) is 3.03. The number of aromatic nitrogens is 2. The number of pyridine rings is 1. The van der Waals surface area contributed by atoms with Crippen molar-refractivity contribution >= 4 is 17.0 Å². The number of imidazole rings is 1. The first kappa shape index (κ1) is 12.4. The summed E-state index contributed by atoms with van der Waals surface area (Å²) in [7, 11) is 0. The van der Waals surface area contributed by atoms with E-state index < -0.39 is 0 Å². The molecular formula is C15H17N3S. The van der Waals surface area contributed by atoms with E-state index in [1.165, 1.54) is 11.3 Å². The van der Waals surface area contributed by atoms with Crippen LogP contribution in [0.5, 0.6) is 0 Å². The van der Waals surface area contributed by atoms with Crippen LogP contribution in [0.2, 0.25) is 0 Å². The van der Waals surface area contributed by atoms with Gasteiger partial charge in [-0.1, -0.05) is 6.07 Å². The van der Waals surface area contributed by atoms with Gasteiger partial charge in [0.05, 0.1) is 11.4 Å². The van der Waals surface area contributed by atoms with Crippen molar-refractivity contribution < 1.29 is 0 Å². The largest absolute Gasteiger partial charge is 0.305 e. The molecule has 19 heavy (non-hydrogen) atoms. The van der Waals surface area contributed by atoms with Crippen molar-refractivity contribution in [2.24, 2.45) is 0 Å². The maximum Gasteiger partial charge on any atom is 0.137 e. The summed E-state index contributed by atoms with van der Waals surface area (Å²) in [5, 5.41) is 7.88. The van der Waals surface area contributed by atoms with E-state index in [0.717, 1.165) is 17.9 Å². The number of aryl methyl sites for hydroxylation is 1. The van der Waals surface area contributed by atoms with E-state index in [2.05, 4.69) is 51.6 Å². The minimum atomic E-state index is 0.361. The molecule has 3 heterocycles. The molecule has 0 radical (unpaired) electrons. The van der Waals surface area contributed by atoms with Crippen LogP contribution >= 0.6 is 11.3 Å². The summed E-state index contributed by atoms with van der Waals surface area (Å²) in [4.78, 5) is 4.58. The van der Waals surface area contributed by atoms with Crippen molar-refractivity contribution in [3.8, 4) is 0 Å². The Bertz CT molecular complexity index is 670. The number of hydrogen-bond acceptors (Lipinski definition) is 3. The van der Waals surface area contributed by atoms with Crippen molar-refractivity contribution in [3.63, 3.8) is 0 Å². The lowest BCUT2D eigenvalue weighted by Crippen LogP contribution is -2.19. The highest BCUT2D eigenvalue weighted by Crippen LogP contribution is 2.17. The molecule has 4 heteroatoms. The number of nitrogens with one attached hydrogen (secondary N) is 1. The Morgan fingerprint density at radius 1 is 1.37 bits per heavy atom. The zero-order chi connectivity index (χ0) is 13.2. The standard InChI is InChI=1S/C15H17N3S/c1-11(13-6-8-19-10-13)16-9-14-12(2)17-15-5-3-4-7-18(14)15/h3-8,10-11,16H,9H2,1-2H3. The summed E-state index contributed by atoms with van der Waals surface area (Å²) in [5.41, 5.74) is 4.69. The molecule has 0 amide bonds. The van der Waals surface area contributed by atoms with Crippen LogP contribution in [-0.2, 0) is 6.54 Å². The predicted octanol–water partition coefficient (Wildman–Crippen LogP) is 3.56. The van der Waals surface area contributed by atoms with Crippen LogP contribution in [0.15, 0.2) is 41.2 Å². The molecule has 0 saturated heterocycles. The molecule has 0 spiro atoms. The Labute approximate surface area is 116 Å². The average molecular weight is 271 g/mol. The third kappa shape index (κ3) is 2.41. The Morgan fingerprint density at radius 2 is 2.26 bits per heavy atom. The Balaban J connectivity index is 1.80. The molecule has 0 aliphatic heterocycles. The van der Waals surface area contributed by atoms with E-state index in [0.29, 0.717) is 6.04 Å². The van der Waals surface area contributed by atoms with E-state index in [-0.39, 0.29) is 0 Å². The Hall–Kier alpha value is -1.65. The van der Waals surface area contributed by atoms with Gasteiger partial charge in [-0.15, -0.1) is 0 Å². The monoisotopic (exact) mass is 271 g/mol. The second kappa shape index (κ2) is 5.15. The number of nitrogens with zero attached hydrogens (tertiary/aromatic N) is 2. The number of hydrogen-bond donors (Lipinski definition) is 1. The smallest absolute Gasteiger partial charge is 0.137 e. The van der Waals surface area contributed by atoms with Crippen LogP contribution in [0, 0.1) is 6.92 Å². The number of rotatable bonds is 4. The fourth-order valence-electron chi connectivity index (χ4n) is 2.27. The summed E-state index contributed by atoms with van der Waals surface area (Å²) in [6, 6.07) is 8.63. The van der Waals surface area contributed by atoms with E-state index in [9.17, 15) is 0 Å². The van der Waals surface area contributed by atoms with Crippen molar-refractivity contribution in [3.05, 3.63) is 58.2 Å². The van der Waals surface area contributed by atoms with Gasteiger partial charge >= 0.3 is 0 Å². The second-order valence-corrected chi connectivity index (χ2v) is 5.51. The lowest BCUT2D eigenvalue weighted by atomic mass is 10.2. The highest BCUT2D eigenvalue weighted by molar-refractivity contribution is 7.07. The van der Waals surface area contributed by atoms with Crippen LogP contribution in [0.25, 0.3) is 5.65 Å². The molecule has 98 valence electrons. The van der Waals surface area contributed by atoms with Gasteiger partial charge in [0.15, 0.2) is 0 Å². The Kier molecular flexibility index (Phi) is 3.36. The maximum atomic E-state index is 4.58. The highest BCUT2D eigenvalue weighted by Gasteiger charge is 2.10. The third-order valence-corrected chi connectivity index (χ3v) is 4.15. The molecule has 3 aromatic rings. The first-order chi connectivity index (χ1) is 9.25. The minimum Gasteiger partial charge on any atom is -0.305 e. The number of thiophene rings is 1. The summed E-state index contributed by atoms with van der Waals surface area (Å²) < 4.78 is 2.16. The zero-order valence-corrected chi connectivity index (χ0v) is 11.9. The van der Waals surface area contributed by atoms with Crippen LogP contribution in [0.4, 0.5) is 0 Å². The van der Waals surface area contributed by atoms with Crippen molar-refractivity contribution in [2.45, 2.75) is 26.4 Å². The van der Waals surface area contributed by atoms with E-state index in [1.807, 2.05) is 18.2 Å². The Morgan fingerprint density at radius 3 is 3.05 bits per heavy atom. The van der Waals surface area contributed by atoms with Crippen molar-refractivity contribution in [1.82, 2.24) is 14.7 Å². The molecule has 3 aromatic heterocycles. The normalized spacial score (nSPS) is 12.9. The molecule has 0 bridgehead atoms. The van der Waals surface area contributed by atoms with E-state index >= 15 is 0 Å². The third-order valence-electron chi connectivity index (χ3n) is 3.45. The predicted molar refractivity (Wildman–Crippen MR) is 79.5 cm³/mol. The fourth-order valence-corrected chi connectivity index (χ4v) is 3.02. The summed E-state index contributed by atoms with van der Waals surface area (Å²) in [6.07, 6.45) is 2.07. The molecule has 1 atom stereocenters. The van der Waals surface area contributed by atoms with Gasteiger partial charge < -0.3 is 9.72 Å². The molecule has 0 aromatic carbocycles. The topological polar surface area (TPSA) is 29.3 Å². The van der Waals surface area contributed by atoms with Crippen LogP contribution < -0.4 is 5.32 Å². The van der Waals surface area contributed by atoms with Crippen LogP contribution in [0.1, 0.15) is 29.9 Å². The van der Waals surface area contributed by atoms with Gasteiger partial charge in [0.1, 0.15) is 5.65 Å². The zero-order valence-electron chi connectivity index (χ0n) is 11.1. The minimum absolute atomic E-state index is 0.361. The van der Waals surface area contributed by atoms with Gasteiger partial charge in [0, 0.05) is 18.8 Å². The van der Waals surface area contributed by atoms with Gasteiger partial charge in [-0.25, -0.2) is 4.98 Å². The number of fused-ring (bicyclic) bond motifs is 1. The molecule has 0 fully saturated rings. The van der Waals surface area contributed by atoms with Gasteiger partial charge in [-0.05, 0) is 48.4 Å². The van der Waals surface area contributed by atoms with Crippen LogP contribution in [0.3, 0.4) is 0 Å². The van der Waals surface area contributed by atoms with E-state index in [4.69, 9.17) is 0 Å². The van der Waals surface area contributed by atoms with Gasteiger partial charge in [-0.2, -0.15) is 11.3 Å². The van der Waals surface area contributed by atoms with Gasteiger partial charge in [-0.3, -0.25) is 0 Å². The van der Waals surface area contributed by atoms with Crippen molar-refractivity contribution in [1.29, 1.82) is 0 Å². The first-order valence-electron chi connectivity index (χ1n) is 6.44. The summed E-state index contributed by atoms with van der Waals surface area (Å²) in [5.74, 6) is 0. The summed E-state index contributed by atoms with van der Waals surface area (Å²) in [6.45, 7) is 5.09. The molecule has 3 rings (SSSR count). The lowest BCUT2D eigenvalue weighted by Gasteiger charge is -2.12. The van der Waals surface area contributed by atoms with Crippen molar-refractivity contribution in [2.75, 3.05) is 0 Å². The molecular weight excluding hydrogens is 254 g/mol. The second-order valence-electron chi connectivity index (χ2n) is 4.73. The van der Waals surface area contributed by atoms with Crippen LogP contribution in [-0.4, -0.2) is 9.38 Å². The highest BCUT2D eigenvalue weighted by atomic mass is 32.1. The maximum absolute atomic E-state index is 4.58. The molecule has 1 N–H and O–H groups in total. The summed E-state index contributed by atoms with van der Waals surface area (Å²) >= 11 is 1.74. The molecule has 0 aliphatic carbocycles. The molecule has 1 unspecified atom stereocenters. The quantitative estimate of drug-likeness (QED) is 0.786. The fraction of sp³-hybridized carbons (Fsp3) is 0.267. The SMILES string of the molecule is Cc1nc2ccccn2c1CNC(C)c1ccsc1.